The zero-order valence-corrected chi connectivity index (χ0v) is 16.5. The van der Waals surface area contributed by atoms with Gasteiger partial charge in [-0.1, -0.05) is 13.0 Å². The molecule has 3 aromatic heterocycles. The Morgan fingerprint density at radius 2 is 1.92 bits per heavy atom. The van der Waals surface area contributed by atoms with Crippen LogP contribution < -0.4 is 0 Å². The Kier molecular flexibility index (Phi) is 5.42. The van der Waals surface area contributed by atoms with Gasteiger partial charge in [-0.3, -0.25) is 9.78 Å². The molecular weight excluding hydrogens is 392 g/mol. The normalized spacial score (nSPS) is 11.6. The second-order valence-corrected chi connectivity index (χ2v) is 7.01. The minimum Gasteiger partial charge on any atom is -0.383 e. The fraction of sp³-hybridized carbons (Fsp3) is 0.200. The molecule has 0 aliphatic rings. The third-order valence-corrected chi connectivity index (χ3v) is 4.25. The number of aryl methyl sites for hydroxylation is 1. The Hall–Kier alpha value is -2.60. The number of Topliss-reactive ketones (excluding diaryl/α,β-unsaturated/α-hetero) is 1. The van der Waals surface area contributed by atoms with Crippen LogP contribution in [-0.2, 0) is 6.42 Å². The van der Waals surface area contributed by atoms with Gasteiger partial charge in [0.15, 0.2) is 0 Å². The molecule has 0 aromatic carbocycles. The summed E-state index contributed by atoms with van der Waals surface area (Å²) in [6.07, 6.45) is 4.29. The van der Waals surface area contributed by atoms with Gasteiger partial charge in [-0.15, -0.1) is 0 Å². The van der Waals surface area contributed by atoms with Gasteiger partial charge in [0.2, 0.25) is 5.78 Å². The van der Waals surface area contributed by atoms with E-state index in [4.69, 9.17) is 0 Å². The van der Waals surface area contributed by atoms with E-state index in [0.29, 0.717) is 17.0 Å². The molecule has 0 spiro atoms. The first-order chi connectivity index (χ1) is 12.5. The third-order valence-electron chi connectivity index (χ3n) is 3.81. The highest BCUT2D eigenvalue weighted by Crippen LogP contribution is 2.22. The molecule has 0 aliphatic carbocycles. The Morgan fingerprint density at radius 1 is 1.12 bits per heavy atom. The van der Waals surface area contributed by atoms with Crippen LogP contribution in [0, 0.1) is 0 Å². The maximum absolute atomic E-state index is 13.1. The molecular formula is C20H19BrN4O. The highest BCUT2D eigenvalue weighted by molar-refractivity contribution is 9.10. The average Bonchev–Trinajstić information content (AvgIpc) is 2.64. The lowest BCUT2D eigenvalue weighted by molar-refractivity contribution is 0.105. The van der Waals surface area contributed by atoms with E-state index in [1.165, 1.54) is 0 Å². The van der Waals surface area contributed by atoms with Gasteiger partial charge in [0, 0.05) is 36.7 Å². The van der Waals surface area contributed by atoms with E-state index in [1.807, 2.05) is 56.3 Å². The van der Waals surface area contributed by atoms with Crippen molar-refractivity contribution in [2.45, 2.75) is 13.3 Å². The highest BCUT2D eigenvalue weighted by Gasteiger charge is 2.18. The van der Waals surface area contributed by atoms with Gasteiger partial charge < -0.3 is 4.90 Å². The van der Waals surface area contributed by atoms with Crippen LogP contribution in [0.1, 0.15) is 28.8 Å². The van der Waals surface area contributed by atoms with Crippen molar-refractivity contribution in [3.8, 4) is 0 Å². The predicted octanol–water partition coefficient (Wildman–Crippen LogP) is 4.14. The van der Waals surface area contributed by atoms with Crippen molar-refractivity contribution in [1.82, 2.24) is 19.9 Å². The van der Waals surface area contributed by atoms with Crippen molar-refractivity contribution < 1.29 is 4.79 Å². The van der Waals surface area contributed by atoms with Crippen molar-refractivity contribution in [3.63, 3.8) is 0 Å². The number of carbonyl (C=O) groups excluding carboxylic acids is 1. The lowest BCUT2D eigenvalue weighted by Gasteiger charge is -2.12. The molecule has 3 heterocycles. The highest BCUT2D eigenvalue weighted by atomic mass is 79.9. The van der Waals surface area contributed by atoms with Crippen LogP contribution in [0.15, 0.2) is 53.3 Å². The summed E-state index contributed by atoms with van der Waals surface area (Å²) in [6.45, 7) is 2.02. The third kappa shape index (κ3) is 3.96. The second-order valence-electron chi connectivity index (χ2n) is 6.09. The zero-order chi connectivity index (χ0) is 18.7. The van der Waals surface area contributed by atoms with Gasteiger partial charge in [-0.25, -0.2) is 9.97 Å². The van der Waals surface area contributed by atoms with Crippen molar-refractivity contribution in [2.75, 3.05) is 14.1 Å². The molecule has 0 unspecified atom stereocenters. The van der Waals surface area contributed by atoms with Gasteiger partial charge >= 0.3 is 0 Å². The first kappa shape index (κ1) is 18.2. The minimum atomic E-state index is -0.149. The van der Waals surface area contributed by atoms with Crippen molar-refractivity contribution in [1.29, 1.82) is 0 Å². The van der Waals surface area contributed by atoms with Gasteiger partial charge in [-0.05, 0) is 52.7 Å². The predicted molar refractivity (Wildman–Crippen MR) is 107 cm³/mol. The number of rotatable bonds is 5. The molecule has 0 bridgehead atoms. The van der Waals surface area contributed by atoms with E-state index in [-0.39, 0.29) is 5.78 Å². The SMILES string of the molecule is CCc1cccc(C(=O)/C(=C/N(C)C)c2ccc3ncc(Br)cc3n2)n1. The number of nitrogens with zero attached hydrogens (tertiary/aromatic N) is 4. The van der Waals surface area contributed by atoms with Gasteiger partial charge in [0.1, 0.15) is 5.69 Å². The molecule has 6 heteroatoms. The first-order valence-corrected chi connectivity index (χ1v) is 9.09. The molecule has 3 aromatic rings. The molecule has 26 heavy (non-hydrogen) atoms. The van der Waals surface area contributed by atoms with E-state index in [0.717, 1.165) is 27.6 Å². The standard InChI is InChI=1S/C20H19BrN4O/c1-4-14-6-5-7-18(23-14)20(26)15(12-25(2)3)16-8-9-17-19(24-16)10-13(21)11-22-17/h5-12H,4H2,1-3H3/b15-12+. The molecule has 0 radical (unpaired) electrons. The molecule has 0 fully saturated rings. The number of ketones is 1. The molecule has 0 saturated carbocycles. The van der Waals surface area contributed by atoms with Crippen LogP contribution in [0.2, 0.25) is 0 Å². The summed E-state index contributed by atoms with van der Waals surface area (Å²) >= 11 is 3.41. The smallest absolute Gasteiger partial charge is 0.214 e. The fourth-order valence-corrected chi connectivity index (χ4v) is 2.89. The first-order valence-electron chi connectivity index (χ1n) is 8.29. The summed E-state index contributed by atoms with van der Waals surface area (Å²) < 4.78 is 0.844. The van der Waals surface area contributed by atoms with E-state index < -0.39 is 0 Å². The molecule has 3 rings (SSSR count). The number of carbonyl (C=O) groups is 1. The second kappa shape index (κ2) is 7.74. The maximum Gasteiger partial charge on any atom is 0.214 e. The van der Waals surface area contributed by atoms with Crippen molar-refractivity contribution >= 4 is 38.3 Å². The quantitative estimate of drug-likeness (QED) is 0.467. The van der Waals surface area contributed by atoms with Gasteiger partial charge in [0.25, 0.3) is 0 Å². The number of halogens is 1. The zero-order valence-electron chi connectivity index (χ0n) is 14.9. The Labute approximate surface area is 160 Å². The number of aromatic nitrogens is 3. The summed E-state index contributed by atoms with van der Waals surface area (Å²) in [7, 11) is 3.75. The molecule has 0 aliphatic heterocycles. The Balaban J connectivity index is 2.10. The summed E-state index contributed by atoms with van der Waals surface area (Å²) in [6, 6.07) is 11.1. The summed E-state index contributed by atoms with van der Waals surface area (Å²) in [5.41, 5.74) is 3.91. The molecule has 0 N–H and O–H groups in total. The molecule has 132 valence electrons. The Bertz CT molecular complexity index is 998. The number of hydrogen-bond donors (Lipinski definition) is 0. The maximum atomic E-state index is 13.1. The topological polar surface area (TPSA) is 59.0 Å². The van der Waals surface area contributed by atoms with Gasteiger partial charge in [-0.2, -0.15) is 0 Å². The number of allylic oxidation sites excluding steroid dienone is 1. The fourth-order valence-electron chi connectivity index (χ4n) is 2.57. The number of fused-ring (bicyclic) bond motifs is 1. The van der Waals surface area contributed by atoms with Crippen LogP contribution in [0.25, 0.3) is 16.6 Å². The molecule has 0 saturated heterocycles. The minimum absolute atomic E-state index is 0.149. The number of pyridine rings is 3. The van der Waals surface area contributed by atoms with Crippen LogP contribution in [0.3, 0.4) is 0 Å². The van der Waals surface area contributed by atoms with E-state index >= 15 is 0 Å². The Morgan fingerprint density at radius 3 is 2.65 bits per heavy atom. The summed E-state index contributed by atoms with van der Waals surface area (Å²) in [4.78, 5) is 28.4. The summed E-state index contributed by atoms with van der Waals surface area (Å²) in [5.74, 6) is -0.149. The largest absolute Gasteiger partial charge is 0.383 e. The molecule has 5 nitrogen and oxygen atoms in total. The lowest BCUT2D eigenvalue weighted by atomic mass is 10.0. The average molecular weight is 411 g/mol. The van der Waals surface area contributed by atoms with E-state index in [9.17, 15) is 4.79 Å². The van der Waals surface area contributed by atoms with Crippen LogP contribution in [0.5, 0.6) is 0 Å². The van der Waals surface area contributed by atoms with Crippen LogP contribution >= 0.6 is 15.9 Å². The van der Waals surface area contributed by atoms with Crippen molar-refractivity contribution in [2.24, 2.45) is 0 Å². The van der Waals surface area contributed by atoms with E-state index in [2.05, 4.69) is 30.9 Å². The van der Waals surface area contributed by atoms with E-state index in [1.54, 1.807) is 18.5 Å². The van der Waals surface area contributed by atoms with Crippen molar-refractivity contribution in [3.05, 3.63) is 70.3 Å². The molecule has 0 amide bonds. The van der Waals surface area contributed by atoms with Crippen LogP contribution in [0.4, 0.5) is 0 Å². The monoisotopic (exact) mass is 410 g/mol. The number of hydrogen-bond acceptors (Lipinski definition) is 5. The molecule has 0 atom stereocenters. The summed E-state index contributed by atoms with van der Waals surface area (Å²) in [5, 5.41) is 0. The van der Waals surface area contributed by atoms with Crippen LogP contribution in [-0.4, -0.2) is 39.7 Å². The lowest BCUT2D eigenvalue weighted by Crippen LogP contribution is -2.12. The van der Waals surface area contributed by atoms with Gasteiger partial charge in [0.05, 0.1) is 22.3 Å².